The minimum atomic E-state index is -0.334. The molecule has 3 rings (SSSR count). The molecule has 2 aromatic rings. The molecule has 0 atom stereocenters. The van der Waals surface area contributed by atoms with Crippen LogP contribution in [0.3, 0.4) is 0 Å². The van der Waals surface area contributed by atoms with Gasteiger partial charge >= 0.3 is 5.69 Å². The van der Waals surface area contributed by atoms with Crippen molar-refractivity contribution in [2.75, 3.05) is 11.9 Å². The maximum absolute atomic E-state index is 11.4. The van der Waals surface area contributed by atoms with E-state index in [1.807, 2.05) is 6.07 Å². The van der Waals surface area contributed by atoms with E-state index in [0.717, 1.165) is 32.2 Å². The summed E-state index contributed by atoms with van der Waals surface area (Å²) in [4.78, 5) is 11.4. The van der Waals surface area contributed by atoms with Crippen LogP contribution in [-0.4, -0.2) is 37.6 Å². The van der Waals surface area contributed by atoms with Gasteiger partial charge in [0, 0.05) is 6.54 Å². The van der Waals surface area contributed by atoms with E-state index in [9.17, 15) is 9.90 Å². The van der Waals surface area contributed by atoms with E-state index in [1.165, 1.54) is 4.52 Å². The molecule has 0 bridgehead atoms. The molecule has 102 valence electrons. The van der Waals surface area contributed by atoms with E-state index in [0.29, 0.717) is 17.4 Å². The Kier molecular flexibility index (Phi) is 3.20. The van der Waals surface area contributed by atoms with Crippen molar-refractivity contribution in [2.45, 2.75) is 31.8 Å². The van der Waals surface area contributed by atoms with Crippen molar-refractivity contribution in [3.63, 3.8) is 0 Å². The van der Waals surface area contributed by atoms with Gasteiger partial charge in [0.2, 0.25) is 0 Å². The maximum atomic E-state index is 11.4. The molecule has 0 spiro atoms. The van der Waals surface area contributed by atoms with Crippen LogP contribution in [0.1, 0.15) is 25.7 Å². The summed E-state index contributed by atoms with van der Waals surface area (Å²) in [6.07, 6.45) is 3.68. The number of aromatic amines is 1. The monoisotopic (exact) mass is 263 g/mol. The molecule has 0 radical (unpaired) electrons. The van der Waals surface area contributed by atoms with Gasteiger partial charge in [-0.1, -0.05) is 0 Å². The largest absolute Gasteiger partial charge is 0.393 e. The molecule has 3 N–H and O–H groups in total. The Balaban J connectivity index is 1.65. The number of nitrogens with one attached hydrogen (secondary N) is 2. The lowest BCUT2D eigenvalue weighted by Gasteiger charge is -2.25. The third-order valence-electron chi connectivity index (χ3n) is 3.66. The molecule has 1 saturated carbocycles. The Hall–Kier alpha value is -1.89. The van der Waals surface area contributed by atoms with Gasteiger partial charge in [0.25, 0.3) is 0 Å². The van der Waals surface area contributed by atoms with E-state index in [2.05, 4.69) is 20.6 Å². The zero-order chi connectivity index (χ0) is 13.2. The molecular weight excluding hydrogens is 246 g/mol. The summed E-state index contributed by atoms with van der Waals surface area (Å²) in [5.74, 6) is 1.23. The van der Waals surface area contributed by atoms with Gasteiger partial charge in [0.1, 0.15) is 5.82 Å². The zero-order valence-corrected chi connectivity index (χ0v) is 10.5. The molecule has 1 aliphatic rings. The topological polar surface area (TPSA) is 95.3 Å². The smallest absolute Gasteiger partial charge is 0.364 e. The molecule has 1 fully saturated rings. The van der Waals surface area contributed by atoms with Crippen LogP contribution in [-0.2, 0) is 0 Å². The summed E-state index contributed by atoms with van der Waals surface area (Å²) in [6.45, 7) is 0.817. The summed E-state index contributed by atoms with van der Waals surface area (Å²) in [5, 5.41) is 23.1. The maximum Gasteiger partial charge on any atom is 0.364 e. The highest BCUT2D eigenvalue weighted by Crippen LogP contribution is 2.24. The van der Waals surface area contributed by atoms with E-state index in [-0.39, 0.29) is 11.8 Å². The van der Waals surface area contributed by atoms with Gasteiger partial charge in [0.15, 0.2) is 5.65 Å². The SMILES string of the molecule is O=c1[nH]nc2ccc(NCC3CCC(O)CC3)nn12. The fraction of sp³-hybridized carbons (Fsp3) is 0.583. The highest BCUT2D eigenvalue weighted by molar-refractivity contribution is 5.42. The average molecular weight is 263 g/mol. The number of rotatable bonds is 3. The lowest BCUT2D eigenvalue weighted by atomic mass is 9.87. The van der Waals surface area contributed by atoms with Gasteiger partial charge in [-0.3, -0.25) is 0 Å². The molecular formula is C12H17N5O2. The van der Waals surface area contributed by atoms with Crippen LogP contribution >= 0.6 is 0 Å². The van der Waals surface area contributed by atoms with E-state index in [1.54, 1.807) is 6.07 Å². The molecule has 2 heterocycles. The minimum absolute atomic E-state index is 0.129. The normalized spacial score (nSPS) is 23.6. The molecule has 7 heteroatoms. The first-order valence-electron chi connectivity index (χ1n) is 6.59. The van der Waals surface area contributed by atoms with Crippen molar-refractivity contribution in [3.8, 4) is 0 Å². The van der Waals surface area contributed by atoms with Crippen LogP contribution in [0.4, 0.5) is 5.82 Å². The molecule has 1 aliphatic carbocycles. The van der Waals surface area contributed by atoms with Gasteiger partial charge in [-0.15, -0.1) is 5.10 Å². The number of nitrogens with zero attached hydrogens (tertiary/aromatic N) is 3. The van der Waals surface area contributed by atoms with E-state index >= 15 is 0 Å². The second kappa shape index (κ2) is 5.00. The van der Waals surface area contributed by atoms with E-state index < -0.39 is 0 Å². The van der Waals surface area contributed by atoms with Crippen molar-refractivity contribution in [2.24, 2.45) is 5.92 Å². The van der Waals surface area contributed by atoms with Crippen LogP contribution in [0.25, 0.3) is 5.65 Å². The van der Waals surface area contributed by atoms with E-state index in [4.69, 9.17) is 0 Å². The molecule has 2 aromatic heterocycles. The Morgan fingerprint density at radius 3 is 2.95 bits per heavy atom. The molecule has 7 nitrogen and oxygen atoms in total. The highest BCUT2D eigenvalue weighted by Gasteiger charge is 2.19. The van der Waals surface area contributed by atoms with Crippen molar-refractivity contribution in [3.05, 3.63) is 22.6 Å². The third-order valence-corrected chi connectivity index (χ3v) is 3.66. The molecule has 0 aliphatic heterocycles. The lowest BCUT2D eigenvalue weighted by molar-refractivity contribution is 0.111. The Labute approximate surface area is 109 Å². The van der Waals surface area contributed by atoms with Crippen LogP contribution in [0.15, 0.2) is 16.9 Å². The number of hydrogen-bond donors (Lipinski definition) is 3. The lowest BCUT2D eigenvalue weighted by Crippen LogP contribution is -2.24. The average Bonchev–Trinajstić information content (AvgIpc) is 2.80. The van der Waals surface area contributed by atoms with Gasteiger partial charge < -0.3 is 10.4 Å². The third kappa shape index (κ3) is 2.60. The highest BCUT2D eigenvalue weighted by atomic mass is 16.3. The van der Waals surface area contributed by atoms with Gasteiger partial charge in [-0.05, 0) is 43.7 Å². The van der Waals surface area contributed by atoms with Crippen molar-refractivity contribution in [1.82, 2.24) is 19.8 Å². The van der Waals surface area contributed by atoms with Crippen LogP contribution in [0.2, 0.25) is 0 Å². The quantitative estimate of drug-likeness (QED) is 0.744. The summed E-state index contributed by atoms with van der Waals surface area (Å²) in [6, 6.07) is 3.56. The van der Waals surface area contributed by atoms with Gasteiger partial charge in [0.05, 0.1) is 6.10 Å². The molecule has 0 amide bonds. The fourth-order valence-electron chi connectivity index (χ4n) is 2.50. The number of aliphatic hydroxyl groups excluding tert-OH is 1. The number of aromatic nitrogens is 4. The first-order valence-corrected chi connectivity index (χ1v) is 6.59. The second-order valence-electron chi connectivity index (χ2n) is 5.07. The predicted molar refractivity (Wildman–Crippen MR) is 70.1 cm³/mol. The van der Waals surface area contributed by atoms with Crippen molar-refractivity contribution >= 4 is 11.5 Å². The summed E-state index contributed by atoms with van der Waals surface area (Å²) < 4.78 is 1.24. The Bertz CT molecular complexity index is 612. The summed E-state index contributed by atoms with van der Waals surface area (Å²) in [7, 11) is 0. The minimum Gasteiger partial charge on any atom is -0.393 e. The molecule has 0 unspecified atom stereocenters. The van der Waals surface area contributed by atoms with Crippen LogP contribution < -0.4 is 11.0 Å². The van der Waals surface area contributed by atoms with Crippen LogP contribution in [0, 0.1) is 5.92 Å². The van der Waals surface area contributed by atoms with Crippen molar-refractivity contribution < 1.29 is 5.11 Å². The number of anilines is 1. The number of aliphatic hydroxyl groups is 1. The standard InChI is InChI=1S/C12H17N5O2/c18-9-3-1-8(2-4-9)7-13-10-5-6-11-14-15-12(19)17(11)16-10/h5-6,8-9,18H,1-4,7H2,(H,13,16)(H,15,19). The zero-order valence-electron chi connectivity index (χ0n) is 10.5. The Morgan fingerprint density at radius 1 is 1.37 bits per heavy atom. The first kappa shape index (κ1) is 12.2. The summed E-state index contributed by atoms with van der Waals surface area (Å²) >= 11 is 0. The molecule has 19 heavy (non-hydrogen) atoms. The van der Waals surface area contributed by atoms with Gasteiger partial charge in [-0.25, -0.2) is 9.89 Å². The fourth-order valence-corrected chi connectivity index (χ4v) is 2.50. The number of hydrogen-bond acceptors (Lipinski definition) is 5. The molecule has 0 saturated heterocycles. The number of fused-ring (bicyclic) bond motifs is 1. The van der Waals surface area contributed by atoms with Crippen molar-refractivity contribution in [1.29, 1.82) is 0 Å². The Morgan fingerprint density at radius 2 is 2.16 bits per heavy atom. The van der Waals surface area contributed by atoms with Crippen LogP contribution in [0.5, 0.6) is 0 Å². The van der Waals surface area contributed by atoms with Gasteiger partial charge in [-0.2, -0.15) is 9.61 Å². The number of H-pyrrole nitrogens is 1. The second-order valence-corrected chi connectivity index (χ2v) is 5.07. The molecule has 0 aromatic carbocycles. The first-order chi connectivity index (χ1) is 9.22. The predicted octanol–water partition coefficient (Wildman–Crippen LogP) is 0.381. The summed E-state index contributed by atoms with van der Waals surface area (Å²) in [5.41, 5.74) is 0.177.